The summed E-state index contributed by atoms with van der Waals surface area (Å²) in [5.74, 6) is 1.51. The van der Waals surface area contributed by atoms with Crippen molar-refractivity contribution >= 4 is 24.0 Å². The molecule has 0 unspecified atom stereocenters. The Bertz CT molecular complexity index is 791. The number of nitrogens with two attached hydrogens (primary N) is 1. The van der Waals surface area contributed by atoms with Gasteiger partial charge < -0.3 is 20.1 Å². The fourth-order valence-electron chi connectivity index (χ4n) is 2.97. The van der Waals surface area contributed by atoms with E-state index >= 15 is 0 Å². The molecule has 1 aliphatic rings. The standard InChI is InChI=1S/C20H24N2O3.ClH/c1-13-4-5-15(21)11-18(13)20(23)22(16-6-7-16)12-14-10-17(24-2)8-9-19(14)25-3;/h4-5,8-11,16H,6-7,12,21H2,1-3H3;1H. The van der Waals surface area contributed by atoms with Gasteiger partial charge in [0.25, 0.3) is 5.91 Å². The summed E-state index contributed by atoms with van der Waals surface area (Å²) in [5.41, 5.74) is 9.01. The molecule has 3 rings (SSSR count). The highest BCUT2D eigenvalue weighted by molar-refractivity contribution is 5.97. The number of carbonyl (C=O) groups is 1. The number of amides is 1. The van der Waals surface area contributed by atoms with Crippen LogP contribution in [0.2, 0.25) is 0 Å². The van der Waals surface area contributed by atoms with Crippen molar-refractivity contribution in [3.05, 3.63) is 53.1 Å². The molecule has 0 bridgehead atoms. The first-order valence-corrected chi connectivity index (χ1v) is 8.41. The monoisotopic (exact) mass is 376 g/mol. The molecule has 0 aliphatic heterocycles. The van der Waals surface area contributed by atoms with Gasteiger partial charge in [0, 0.05) is 22.9 Å². The normalized spacial score (nSPS) is 12.9. The van der Waals surface area contributed by atoms with Crippen LogP contribution in [0, 0.1) is 6.92 Å². The maximum atomic E-state index is 13.2. The molecule has 2 N–H and O–H groups in total. The predicted octanol–water partition coefficient (Wildman–Crippen LogP) is 3.82. The second kappa shape index (κ2) is 8.32. The van der Waals surface area contributed by atoms with Gasteiger partial charge in [-0.05, 0) is 55.7 Å². The number of nitrogen functional groups attached to an aromatic ring is 1. The minimum absolute atomic E-state index is 0. The number of rotatable bonds is 6. The zero-order chi connectivity index (χ0) is 18.0. The summed E-state index contributed by atoms with van der Waals surface area (Å²) in [5, 5.41) is 0. The molecule has 2 aromatic rings. The second-order valence-electron chi connectivity index (χ2n) is 6.42. The number of carbonyl (C=O) groups excluding carboxylic acids is 1. The van der Waals surface area contributed by atoms with Gasteiger partial charge in [0.15, 0.2) is 0 Å². The molecule has 0 saturated heterocycles. The maximum absolute atomic E-state index is 13.2. The Morgan fingerprint density at radius 2 is 1.88 bits per heavy atom. The summed E-state index contributed by atoms with van der Waals surface area (Å²) in [6.07, 6.45) is 2.05. The number of hydrogen-bond acceptors (Lipinski definition) is 4. The van der Waals surface area contributed by atoms with Crippen LogP contribution in [0.5, 0.6) is 11.5 Å². The van der Waals surface area contributed by atoms with E-state index in [-0.39, 0.29) is 24.4 Å². The number of aryl methyl sites for hydroxylation is 1. The molecule has 0 spiro atoms. The lowest BCUT2D eigenvalue weighted by Gasteiger charge is -2.25. The SMILES string of the molecule is COc1ccc(OC)c(CN(C(=O)c2cc(N)ccc2C)C2CC2)c1.Cl. The number of benzene rings is 2. The molecule has 140 valence electrons. The highest BCUT2D eigenvalue weighted by Crippen LogP contribution is 2.33. The summed E-state index contributed by atoms with van der Waals surface area (Å²) < 4.78 is 10.8. The third-order valence-electron chi connectivity index (χ3n) is 4.57. The average Bonchev–Trinajstić information content (AvgIpc) is 3.45. The lowest BCUT2D eigenvalue weighted by atomic mass is 10.1. The number of ether oxygens (including phenoxy) is 2. The smallest absolute Gasteiger partial charge is 0.254 e. The Hall–Kier alpha value is -2.40. The van der Waals surface area contributed by atoms with Crippen LogP contribution in [0.25, 0.3) is 0 Å². The summed E-state index contributed by atoms with van der Waals surface area (Å²) in [7, 11) is 3.27. The molecule has 6 heteroatoms. The molecule has 1 fully saturated rings. The topological polar surface area (TPSA) is 64.8 Å². The van der Waals surface area contributed by atoms with Gasteiger partial charge >= 0.3 is 0 Å². The third-order valence-corrected chi connectivity index (χ3v) is 4.57. The van der Waals surface area contributed by atoms with Gasteiger partial charge in [-0.2, -0.15) is 0 Å². The van der Waals surface area contributed by atoms with Crippen LogP contribution < -0.4 is 15.2 Å². The molecule has 2 aromatic carbocycles. The Balaban J connectivity index is 0.00000243. The number of hydrogen-bond donors (Lipinski definition) is 1. The summed E-state index contributed by atoms with van der Waals surface area (Å²) in [6, 6.07) is 11.4. The molecular weight excluding hydrogens is 352 g/mol. The van der Waals surface area contributed by atoms with E-state index in [1.165, 1.54) is 0 Å². The fraction of sp³-hybridized carbons (Fsp3) is 0.350. The first-order valence-electron chi connectivity index (χ1n) is 8.41. The van der Waals surface area contributed by atoms with E-state index in [4.69, 9.17) is 15.2 Å². The minimum atomic E-state index is 0. The van der Waals surface area contributed by atoms with E-state index in [1.54, 1.807) is 20.3 Å². The molecular formula is C20H25ClN2O3. The summed E-state index contributed by atoms with van der Waals surface area (Å²) in [6.45, 7) is 2.42. The van der Waals surface area contributed by atoms with Crippen LogP contribution in [0.1, 0.15) is 34.3 Å². The third kappa shape index (κ3) is 4.22. The highest BCUT2D eigenvalue weighted by atomic mass is 35.5. The first-order chi connectivity index (χ1) is 12.0. The Morgan fingerprint density at radius 3 is 2.50 bits per heavy atom. The number of methoxy groups -OCH3 is 2. The van der Waals surface area contributed by atoms with Gasteiger partial charge in [-0.3, -0.25) is 4.79 Å². The maximum Gasteiger partial charge on any atom is 0.254 e. The van der Waals surface area contributed by atoms with Crippen molar-refractivity contribution in [3.63, 3.8) is 0 Å². The van der Waals surface area contributed by atoms with Crippen LogP contribution in [0.3, 0.4) is 0 Å². The van der Waals surface area contributed by atoms with Crippen molar-refractivity contribution in [2.24, 2.45) is 0 Å². The lowest BCUT2D eigenvalue weighted by molar-refractivity contribution is 0.0728. The number of anilines is 1. The number of nitrogens with zero attached hydrogens (tertiary/aromatic N) is 1. The van der Waals surface area contributed by atoms with Gasteiger partial charge in [-0.1, -0.05) is 6.07 Å². The van der Waals surface area contributed by atoms with E-state index < -0.39 is 0 Å². The van der Waals surface area contributed by atoms with Gasteiger partial charge in [0.2, 0.25) is 0 Å². The quantitative estimate of drug-likeness (QED) is 0.778. The Morgan fingerprint density at radius 1 is 1.15 bits per heavy atom. The Labute approximate surface area is 160 Å². The molecule has 1 amide bonds. The fourth-order valence-corrected chi connectivity index (χ4v) is 2.97. The molecule has 26 heavy (non-hydrogen) atoms. The van der Waals surface area contributed by atoms with Crippen molar-refractivity contribution in [1.29, 1.82) is 0 Å². The Kier molecular flexibility index (Phi) is 6.37. The molecule has 0 atom stereocenters. The van der Waals surface area contributed by atoms with Crippen molar-refractivity contribution in [2.45, 2.75) is 32.4 Å². The van der Waals surface area contributed by atoms with Gasteiger partial charge in [-0.25, -0.2) is 0 Å². The molecule has 1 saturated carbocycles. The summed E-state index contributed by atoms with van der Waals surface area (Å²) in [4.78, 5) is 15.1. The van der Waals surface area contributed by atoms with Gasteiger partial charge in [-0.15, -0.1) is 12.4 Å². The second-order valence-corrected chi connectivity index (χ2v) is 6.42. The van der Waals surface area contributed by atoms with Crippen LogP contribution in [0.15, 0.2) is 36.4 Å². The van der Waals surface area contributed by atoms with Crippen molar-refractivity contribution in [3.8, 4) is 11.5 Å². The van der Waals surface area contributed by atoms with Crippen molar-refractivity contribution < 1.29 is 14.3 Å². The van der Waals surface area contributed by atoms with Crippen molar-refractivity contribution in [1.82, 2.24) is 4.90 Å². The lowest BCUT2D eigenvalue weighted by Crippen LogP contribution is -2.33. The van der Waals surface area contributed by atoms with Crippen LogP contribution in [0.4, 0.5) is 5.69 Å². The van der Waals surface area contributed by atoms with Crippen LogP contribution >= 0.6 is 12.4 Å². The van der Waals surface area contributed by atoms with Crippen molar-refractivity contribution in [2.75, 3.05) is 20.0 Å². The zero-order valence-electron chi connectivity index (χ0n) is 15.3. The molecule has 0 heterocycles. The zero-order valence-corrected chi connectivity index (χ0v) is 16.1. The average molecular weight is 377 g/mol. The molecule has 0 radical (unpaired) electrons. The van der Waals surface area contributed by atoms with E-state index in [0.29, 0.717) is 17.8 Å². The minimum Gasteiger partial charge on any atom is -0.497 e. The molecule has 1 aliphatic carbocycles. The van der Waals surface area contributed by atoms with Gasteiger partial charge in [0.05, 0.1) is 20.8 Å². The van der Waals surface area contributed by atoms with Crippen LogP contribution in [-0.4, -0.2) is 31.1 Å². The number of halogens is 1. The highest BCUT2D eigenvalue weighted by Gasteiger charge is 2.34. The van der Waals surface area contributed by atoms with Crippen LogP contribution in [-0.2, 0) is 6.54 Å². The van der Waals surface area contributed by atoms with E-state index in [9.17, 15) is 4.79 Å². The van der Waals surface area contributed by atoms with Gasteiger partial charge in [0.1, 0.15) is 11.5 Å². The first kappa shape index (κ1) is 19.9. The summed E-state index contributed by atoms with van der Waals surface area (Å²) >= 11 is 0. The predicted molar refractivity (Wildman–Crippen MR) is 105 cm³/mol. The molecule has 0 aromatic heterocycles. The van der Waals surface area contributed by atoms with E-state index in [2.05, 4.69) is 0 Å². The van der Waals surface area contributed by atoms with E-state index in [0.717, 1.165) is 35.5 Å². The largest absolute Gasteiger partial charge is 0.497 e. The molecule has 5 nitrogen and oxygen atoms in total. The van der Waals surface area contributed by atoms with E-state index in [1.807, 2.05) is 42.2 Å².